The van der Waals surface area contributed by atoms with E-state index in [0.29, 0.717) is 6.42 Å². The van der Waals surface area contributed by atoms with Crippen LogP contribution >= 0.6 is 0 Å². The van der Waals surface area contributed by atoms with Crippen molar-refractivity contribution >= 4 is 5.91 Å². The molecule has 0 aliphatic carbocycles. The van der Waals surface area contributed by atoms with E-state index >= 15 is 0 Å². The zero-order valence-corrected chi connectivity index (χ0v) is 20.1. The highest BCUT2D eigenvalue weighted by Crippen LogP contribution is 2.14. The maximum atomic E-state index is 11.9. The zero-order valence-electron chi connectivity index (χ0n) is 20.1. The molecular weight excluding hydrogens is 374 g/mol. The first-order valence-corrected chi connectivity index (χ1v) is 12.8. The molecule has 0 bridgehead atoms. The molecule has 0 saturated heterocycles. The lowest BCUT2D eigenvalue weighted by Gasteiger charge is -2.29. The van der Waals surface area contributed by atoms with Crippen molar-refractivity contribution in [3.8, 4) is 0 Å². The molecule has 0 heterocycles. The van der Waals surface area contributed by atoms with Gasteiger partial charge in [0.15, 0.2) is 0 Å². The minimum Gasteiger partial charge on any atom is -0.394 e. The van der Waals surface area contributed by atoms with Crippen LogP contribution in [-0.2, 0) is 4.79 Å². The largest absolute Gasteiger partial charge is 0.394 e. The number of carbonyl (C=O) groups excluding carboxylic acids is 1. The predicted octanol–water partition coefficient (Wildman–Crippen LogP) is 6.44. The smallest absolute Gasteiger partial charge is 0.244 e. The molecule has 0 aromatic heterocycles. The third kappa shape index (κ3) is 16.9. The third-order valence-corrected chi connectivity index (χ3v) is 6.16. The molecule has 3 N–H and O–H groups in total. The summed E-state index contributed by atoms with van der Waals surface area (Å²) in [4.78, 5) is 11.9. The summed E-state index contributed by atoms with van der Waals surface area (Å²) in [5, 5.41) is 21.4. The molecule has 1 amide bonds. The molecule has 0 aliphatic rings. The van der Waals surface area contributed by atoms with Gasteiger partial charge in [-0.3, -0.25) is 4.79 Å². The summed E-state index contributed by atoms with van der Waals surface area (Å²) >= 11 is 0. The van der Waals surface area contributed by atoms with Crippen molar-refractivity contribution < 1.29 is 15.0 Å². The number of allylic oxidation sites excluding steroid dienone is 1. The van der Waals surface area contributed by atoms with Crippen LogP contribution in [0.2, 0.25) is 0 Å². The van der Waals surface area contributed by atoms with E-state index in [1.807, 2.05) is 13.0 Å². The van der Waals surface area contributed by atoms with Gasteiger partial charge in [-0.2, -0.15) is 0 Å². The number of hydrogen-bond acceptors (Lipinski definition) is 3. The summed E-state index contributed by atoms with van der Waals surface area (Å²) in [5.74, 6) is -0.239. The van der Waals surface area contributed by atoms with E-state index in [2.05, 4.69) is 12.2 Å². The highest BCUT2D eigenvalue weighted by molar-refractivity contribution is 5.88. The van der Waals surface area contributed by atoms with E-state index in [4.69, 9.17) is 0 Å². The van der Waals surface area contributed by atoms with Gasteiger partial charge in [-0.05, 0) is 25.3 Å². The lowest BCUT2D eigenvalue weighted by atomic mass is 9.98. The summed E-state index contributed by atoms with van der Waals surface area (Å²) in [5.41, 5.74) is -0.907. The average Bonchev–Trinajstić information content (AvgIpc) is 2.76. The van der Waals surface area contributed by atoms with Gasteiger partial charge in [0.1, 0.15) is 0 Å². The van der Waals surface area contributed by atoms with Crippen LogP contribution < -0.4 is 5.32 Å². The maximum Gasteiger partial charge on any atom is 0.244 e. The van der Waals surface area contributed by atoms with Gasteiger partial charge in [-0.1, -0.05) is 116 Å². The van der Waals surface area contributed by atoms with Crippen molar-refractivity contribution in [1.82, 2.24) is 5.32 Å². The standard InChI is InChI=1S/C26H51NO3/c1-3-5-6-7-8-9-10-11-12-13-14-15-16-17-18-19-20-21-22-25(30)27-26(4-2,23-28)24-29/h21-22,28-29H,3-20,23-24H2,1-2H3,(H,27,30). The molecule has 0 aliphatic heterocycles. The number of amides is 1. The Morgan fingerprint density at radius 2 is 1.10 bits per heavy atom. The number of aliphatic hydroxyl groups excluding tert-OH is 2. The van der Waals surface area contributed by atoms with Crippen molar-refractivity contribution in [3.63, 3.8) is 0 Å². The molecule has 4 heteroatoms. The number of carbonyl (C=O) groups is 1. The van der Waals surface area contributed by atoms with Gasteiger partial charge >= 0.3 is 0 Å². The van der Waals surface area contributed by atoms with E-state index in [9.17, 15) is 15.0 Å². The van der Waals surface area contributed by atoms with E-state index in [0.717, 1.165) is 12.8 Å². The maximum absolute atomic E-state index is 11.9. The summed E-state index contributed by atoms with van der Waals surface area (Å²) in [6.45, 7) is 3.61. The highest BCUT2D eigenvalue weighted by atomic mass is 16.3. The van der Waals surface area contributed by atoms with Crippen LogP contribution in [0.1, 0.15) is 129 Å². The molecule has 0 atom stereocenters. The van der Waals surface area contributed by atoms with Gasteiger partial charge in [-0.15, -0.1) is 0 Å². The predicted molar refractivity (Wildman–Crippen MR) is 129 cm³/mol. The lowest BCUT2D eigenvalue weighted by Crippen LogP contribution is -2.53. The minimum absolute atomic E-state index is 0.239. The molecule has 0 saturated carbocycles. The Morgan fingerprint density at radius 3 is 1.47 bits per heavy atom. The number of nitrogens with one attached hydrogen (secondary N) is 1. The Kier molecular flexibility index (Phi) is 20.7. The minimum atomic E-state index is -0.907. The van der Waals surface area contributed by atoms with E-state index in [-0.39, 0.29) is 19.1 Å². The first kappa shape index (κ1) is 29.1. The van der Waals surface area contributed by atoms with Crippen LogP contribution in [-0.4, -0.2) is 34.9 Å². The first-order chi connectivity index (χ1) is 14.6. The lowest BCUT2D eigenvalue weighted by molar-refractivity contribution is -0.119. The van der Waals surface area contributed by atoms with Crippen LogP contribution in [0.15, 0.2) is 12.2 Å². The van der Waals surface area contributed by atoms with E-state index < -0.39 is 5.54 Å². The van der Waals surface area contributed by atoms with Gasteiger partial charge in [0.05, 0.1) is 18.8 Å². The summed E-state index contributed by atoms with van der Waals surface area (Å²) < 4.78 is 0. The van der Waals surface area contributed by atoms with Crippen LogP contribution in [0.4, 0.5) is 0 Å². The van der Waals surface area contributed by atoms with Crippen LogP contribution in [0, 0.1) is 0 Å². The van der Waals surface area contributed by atoms with Crippen LogP contribution in [0.25, 0.3) is 0 Å². The van der Waals surface area contributed by atoms with Gasteiger partial charge < -0.3 is 15.5 Å². The Hall–Kier alpha value is -0.870. The van der Waals surface area contributed by atoms with Crippen molar-refractivity contribution in [2.75, 3.05) is 13.2 Å². The van der Waals surface area contributed by atoms with E-state index in [1.54, 1.807) is 0 Å². The average molecular weight is 426 g/mol. The van der Waals surface area contributed by atoms with Crippen molar-refractivity contribution in [2.24, 2.45) is 0 Å². The van der Waals surface area contributed by atoms with Crippen molar-refractivity contribution in [3.05, 3.63) is 12.2 Å². The molecule has 4 nitrogen and oxygen atoms in total. The Bertz CT molecular complexity index is 397. The number of rotatable bonds is 22. The molecule has 0 rings (SSSR count). The SMILES string of the molecule is CCCCCCCCCCCCCCCCCCC=CC(=O)NC(CC)(CO)CO. The van der Waals surface area contributed by atoms with Gasteiger partial charge in [0.25, 0.3) is 0 Å². The second-order valence-electron chi connectivity index (χ2n) is 8.93. The molecule has 0 spiro atoms. The highest BCUT2D eigenvalue weighted by Gasteiger charge is 2.27. The summed E-state index contributed by atoms with van der Waals surface area (Å²) in [7, 11) is 0. The fourth-order valence-corrected chi connectivity index (χ4v) is 3.74. The molecule has 0 aromatic rings. The molecule has 0 aromatic carbocycles. The quantitative estimate of drug-likeness (QED) is 0.138. The fraction of sp³-hybridized carbons (Fsp3) is 0.885. The number of aliphatic hydroxyl groups is 2. The van der Waals surface area contributed by atoms with Gasteiger partial charge in [-0.25, -0.2) is 0 Å². The molecule has 0 unspecified atom stereocenters. The molecule has 0 radical (unpaired) electrons. The molecular formula is C26H51NO3. The second-order valence-corrected chi connectivity index (χ2v) is 8.93. The zero-order chi connectivity index (χ0) is 22.3. The second kappa shape index (κ2) is 21.4. The normalized spacial score (nSPS) is 12.0. The van der Waals surface area contributed by atoms with Gasteiger partial charge in [0, 0.05) is 0 Å². The summed E-state index contributed by atoms with van der Waals surface area (Å²) in [6, 6.07) is 0. The number of hydrogen-bond donors (Lipinski definition) is 3. The Labute approximate surface area is 186 Å². The monoisotopic (exact) mass is 425 g/mol. The molecule has 30 heavy (non-hydrogen) atoms. The van der Waals surface area contributed by atoms with Crippen LogP contribution in [0.5, 0.6) is 0 Å². The molecule has 178 valence electrons. The molecule has 0 fully saturated rings. The summed E-state index contributed by atoms with van der Waals surface area (Å²) in [6.07, 6.45) is 26.6. The topological polar surface area (TPSA) is 69.6 Å². The third-order valence-electron chi connectivity index (χ3n) is 6.16. The Balaban J connectivity index is 3.40. The van der Waals surface area contributed by atoms with Gasteiger partial charge in [0.2, 0.25) is 5.91 Å². The fourth-order valence-electron chi connectivity index (χ4n) is 3.74. The first-order valence-electron chi connectivity index (χ1n) is 12.8. The van der Waals surface area contributed by atoms with Crippen LogP contribution in [0.3, 0.4) is 0 Å². The van der Waals surface area contributed by atoms with Crippen molar-refractivity contribution in [2.45, 2.75) is 135 Å². The van der Waals surface area contributed by atoms with E-state index in [1.165, 1.54) is 102 Å². The number of unbranched alkanes of at least 4 members (excludes halogenated alkanes) is 16. The Morgan fingerprint density at radius 1 is 0.700 bits per heavy atom. The van der Waals surface area contributed by atoms with Crippen molar-refractivity contribution in [1.29, 1.82) is 0 Å².